The lowest BCUT2D eigenvalue weighted by Crippen LogP contribution is -1.96. The van der Waals surface area contributed by atoms with Gasteiger partial charge in [0.05, 0.1) is 0 Å². The second-order valence-electron chi connectivity index (χ2n) is 3.30. The molecule has 1 aromatic carbocycles. The molecule has 16 heavy (non-hydrogen) atoms. The lowest BCUT2D eigenvalue weighted by atomic mass is 10.2. The molecule has 2 rings (SSSR count). The second-order valence-corrected chi connectivity index (χ2v) is 3.30. The van der Waals surface area contributed by atoms with Crippen molar-refractivity contribution in [3.05, 3.63) is 59.8 Å². The molecule has 0 radical (unpaired) electrons. The molecule has 0 aliphatic heterocycles. The zero-order valence-corrected chi connectivity index (χ0v) is 8.76. The summed E-state index contributed by atoms with van der Waals surface area (Å²) in [5, 5.41) is 0. The predicted octanol–water partition coefficient (Wildman–Crippen LogP) is 2.64. The van der Waals surface area contributed by atoms with Gasteiger partial charge in [0.15, 0.2) is 0 Å². The molecule has 0 amide bonds. The lowest BCUT2D eigenvalue weighted by molar-refractivity contribution is 0.294. The molecule has 0 unspecified atom stereocenters. The van der Waals surface area contributed by atoms with Crippen LogP contribution < -0.4 is 4.74 Å². The molecule has 0 aliphatic carbocycles. The summed E-state index contributed by atoms with van der Waals surface area (Å²) in [6.45, 7) is 0.502. The predicted molar refractivity (Wildman–Crippen MR) is 62.9 cm³/mol. The highest BCUT2D eigenvalue weighted by molar-refractivity contribution is 5.34. The average molecular weight is 209 g/mol. The van der Waals surface area contributed by atoms with Crippen LogP contribution in [0.2, 0.25) is 0 Å². The van der Waals surface area contributed by atoms with Gasteiger partial charge in [-0.1, -0.05) is 36.3 Å². The molecule has 2 heteroatoms. The van der Waals surface area contributed by atoms with Crippen molar-refractivity contribution in [2.75, 3.05) is 0 Å². The van der Waals surface area contributed by atoms with Gasteiger partial charge in [0.25, 0.3) is 0 Å². The molecule has 1 aromatic heterocycles. The van der Waals surface area contributed by atoms with Gasteiger partial charge in [-0.15, -0.1) is 6.42 Å². The molecule has 0 saturated heterocycles. The summed E-state index contributed by atoms with van der Waals surface area (Å²) in [5.41, 5.74) is 1.88. The number of hydrogen-bond acceptors (Lipinski definition) is 2. The van der Waals surface area contributed by atoms with Gasteiger partial charge in [0.1, 0.15) is 6.61 Å². The Balaban J connectivity index is 2.03. The van der Waals surface area contributed by atoms with E-state index in [1.54, 1.807) is 18.3 Å². The van der Waals surface area contributed by atoms with Crippen LogP contribution in [0.1, 0.15) is 11.1 Å². The highest BCUT2D eigenvalue weighted by atomic mass is 16.5. The minimum atomic E-state index is 0.502. The van der Waals surface area contributed by atoms with Gasteiger partial charge in [-0.05, 0) is 11.6 Å². The maximum Gasteiger partial charge on any atom is 0.214 e. The fourth-order valence-electron chi connectivity index (χ4n) is 1.31. The molecule has 0 aliphatic rings. The summed E-state index contributed by atoms with van der Waals surface area (Å²) < 4.78 is 5.53. The first-order valence-electron chi connectivity index (χ1n) is 4.98. The van der Waals surface area contributed by atoms with E-state index < -0.39 is 0 Å². The van der Waals surface area contributed by atoms with E-state index in [-0.39, 0.29) is 0 Å². The van der Waals surface area contributed by atoms with Gasteiger partial charge in [-0.3, -0.25) is 0 Å². The quantitative estimate of drug-likeness (QED) is 0.725. The van der Waals surface area contributed by atoms with E-state index in [0.717, 1.165) is 11.1 Å². The van der Waals surface area contributed by atoms with Crippen LogP contribution in [0.3, 0.4) is 0 Å². The Labute approximate surface area is 94.9 Å². The Hall–Kier alpha value is -2.27. The highest BCUT2D eigenvalue weighted by Crippen LogP contribution is 2.10. The van der Waals surface area contributed by atoms with Crippen LogP contribution in [0.15, 0.2) is 48.7 Å². The third kappa shape index (κ3) is 2.61. The fourth-order valence-corrected chi connectivity index (χ4v) is 1.31. The summed E-state index contributed by atoms with van der Waals surface area (Å²) in [4.78, 5) is 4.08. The van der Waals surface area contributed by atoms with Crippen molar-refractivity contribution in [2.24, 2.45) is 0 Å². The van der Waals surface area contributed by atoms with Gasteiger partial charge in [0.2, 0.25) is 5.88 Å². The summed E-state index contributed by atoms with van der Waals surface area (Å²) in [6, 6.07) is 13.5. The highest BCUT2D eigenvalue weighted by Gasteiger charge is 1.97. The zero-order valence-electron chi connectivity index (χ0n) is 8.76. The first-order valence-corrected chi connectivity index (χ1v) is 4.98. The summed E-state index contributed by atoms with van der Waals surface area (Å²) in [6.07, 6.45) is 6.94. The Bertz CT molecular complexity index is 500. The maximum atomic E-state index is 5.53. The fraction of sp³-hybridized carbons (Fsp3) is 0.0714. The monoisotopic (exact) mass is 209 g/mol. The molecule has 78 valence electrons. The van der Waals surface area contributed by atoms with Gasteiger partial charge >= 0.3 is 0 Å². The second kappa shape index (κ2) is 4.99. The maximum absolute atomic E-state index is 5.53. The summed E-state index contributed by atoms with van der Waals surface area (Å²) in [7, 11) is 0. The minimum absolute atomic E-state index is 0.502. The Morgan fingerprint density at radius 3 is 2.75 bits per heavy atom. The van der Waals surface area contributed by atoms with E-state index in [2.05, 4.69) is 10.9 Å². The number of benzene rings is 1. The van der Waals surface area contributed by atoms with Crippen molar-refractivity contribution in [3.63, 3.8) is 0 Å². The number of aromatic nitrogens is 1. The Morgan fingerprint density at radius 2 is 2.00 bits per heavy atom. The van der Waals surface area contributed by atoms with Gasteiger partial charge in [-0.2, -0.15) is 0 Å². The SMILES string of the molecule is C#Cc1ccnc(OCc2ccccc2)c1. The molecule has 0 saturated carbocycles. The van der Waals surface area contributed by atoms with Crippen molar-refractivity contribution < 1.29 is 4.74 Å². The Kier molecular flexibility index (Phi) is 3.20. The average Bonchev–Trinajstić information content (AvgIpc) is 2.38. The molecule has 1 heterocycles. The zero-order chi connectivity index (χ0) is 11.2. The van der Waals surface area contributed by atoms with Crippen LogP contribution in [0, 0.1) is 12.3 Å². The topological polar surface area (TPSA) is 22.1 Å². The molecule has 2 aromatic rings. The van der Waals surface area contributed by atoms with E-state index in [1.165, 1.54) is 0 Å². The van der Waals surface area contributed by atoms with Crippen LogP contribution >= 0.6 is 0 Å². The largest absolute Gasteiger partial charge is 0.473 e. The van der Waals surface area contributed by atoms with Gasteiger partial charge < -0.3 is 4.74 Å². The summed E-state index contributed by atoms with van der Waals surface area (Å²) >= 11 is 0. The molecular weight excluding hydrogens is 198 g/mol. The number of pyridine rings is 1. The number of terminal acetylenes is 1. The molecule has 0 atom stereocenters. The van der Waals surface area contributed by atoms with Gasteiger partial charge in [0, 0.05) is 17.8 Å². The van der Waals surface area contributed by atoms with E-state index in [0.29, 0.717) is 12.5 Å². The van der Waals surface area contributed by atoms with Crippen molar-refractivity contribution in [1.82, 2.24) is 4.98 Å². The standard InChI is InChI=1S/C14H11NO/c1-2-12-8-9-15-14(10-12)16-11-13-6-4-3-5-7-13/h1,3-10H,11H2. The van der Waals surface area contributed by atoms with E-state index >= 15 is 0 Å². The van der Waals surface area contributed by atoms with Crippen molar-refractivity contribution >= 4 is 0 Å². The lowest BCUT2D eigenvalue weighted by Gasteiger charge is -2.04. The van der Waals surface area contributed by atoms with Gasteiger partial charge in [-0.25, -0.2) is 4.98 Å². The first kappa shape index (κ1) is 10.3. The first-order chi connectivity index (χ1) is 7.88. The molecule has 0 fully saturated rings. The molecule has 0 spiro atoms. The summed E-state index contributed by atoms with van der Waals surface area (Å²) in [5.74, 6) is 3.10. The third-order valence-electron chi connectivity index (χ3n) is 2.13. The van der Waals surface area contributed by atoms with Crippen molar-refractivity contribution in [2.45, 2.75) is 6.61 Å². The smallest absolute Gasteiger partial charge is 0.214 e. The number of ether oxygens (including phenoxy) is 1. The number of hydrogen-bond donors (Lipinski definition) is 0. The van der Waals surface area contributed by atoms with Crippen molar-refractivity contribution in [1.29, 1.82) is 0 Å². The van der Waals surface area contributed by atoms with Crippen molar-refractivity contribution in [3.8, 4) is 18.2 Å². The van der Waals surface area contributed by atoms with Crippen LogP contribution in [-0.2, 0) is 6.61 Å². The Morgan fingerprint density at radius 1 is 1.19 bits per heavy atom. The van der Waals surface area contributed by atoms with Crippen LogP contribution in [0.4, 0.5) is 0 Å². The third-order valence-corrected chi connectivity index (χ3v) is 2.13. The molecule has 2 nitrogen and oxygen atoms in total. The van der Waals surface area contributed by atoms with Crippen LogP contribution in [0.25, 0.3) is 0 Å². The van der Waals surface area contributed by atoms with E-state index in [9.17, 15) is 0 Å². The normalized spacial score (nSPS) is 9.44. The minimum Gasteiger partial charge on any atom is -0.473 e. The van der Waals surface area contributed by atoms with Crippen LogP contribution in [-0.4, -0.2) is 4.98 Å². The number of rotatable bonds is 3. The van der Waals surface area contributed by atoms with E-state index in [1.807, 2.05) is 30.3 Å². The van der Waals surface area contributed by atoms with E-state index in [4.69, 9.17) is 11.2 Å². The number of nitrogens with zero attached hydrogens (tertiary/aromatic N) is 1. The molecular formula is C14H11NO. The molecule has 0 N–H and O–H groups in total. The molecule has 0 bridgehead atoms. The van der Waals surface area contributed by atoms with Crippen LogP contribution in [0.5, 0.6) is 5.88 Å².